The van der Waals surface area contributed by atoms with Gasteiger partial charge in [-0.25, -0.2) is 9.97 Å². The van der Waals surface area contributed by atoms with Gasteiger partial charge < -0.3 is 19.3 Å². The Morgan fingerprint density at radius 2 is 1.68 bits per heavy atom. The van der Waals surface area contributed by atoms with Gasteiger partial charge in [-0.15, -0.1) is 0 Å². The highest BCUT2D eigenvalue weighted by atomic mass is 79.9. The van der Waals surface area contributed by atoms with Crippen LogP contribution < -0.4 is 9.64 Å². The number of phenolic OH excluding ortho intramolecular Hbond substituents is 1. The first-order valence-corrected chi connectivity index (χ1v) is 14.6. The van der Waals surface area contributed by atoms with Crippen molar-refractivity contribution in [2.24, 2.45) is 0 Å². The SMILES string of the molecule is COc1ccc(CN(Cc2nc3ccccc3n2Cc2ccc(O)cc2)c2nc(SC)nc3c(Br)cnn23)cc1. The molecule has 3 heterocycles. The van der Waals surface area contributed by atoms with Gasteiger partial charge in [0.15, 0.2) is 10.8 Å². The average Bonchev–Trinajstić information content (AvgIpc) is 3.53. The second-order valence-electron chi connectivity index (χ2n) is 9.21. The quantitative estimate of drug-likeness (QED) is 0.200. The number of hydrogen-bond donors (Lipinski definition) is 1. The summed E-state index contributed by atoms with van der Waals surface area (Å²) in [7, 11) is 1.66. The first kappa shape index (κ1) is 26.1. The van der Waals surface area contributed by atoms with Crippen LogP contribution >= 0.6 is 27.7 Å². The van der Waals surface area contributed by atoms with Crippen molar-refractivity contribution in [3.63, 3.8) is 0 Å². The highest BCUT2D eigenvalue weighted by Crippen LogP contribution is 2.27. The van der Waals surface area contributed by atoms with E-state index in [0.29, 0.717) is 36.4 Å². The van der Waals surface area contributed by atoms with Gasteiger partial charge in [-0.1, -0.05) is 48.2 Å². The summed E-state index contributed by atoms with van der Waals surface area (Å²) in [6.45, 7) is 1.63. The van der Waals surface area contributed by atoms with Crippen molar-refractivity contribution in [3.05, 3.63) is 100 Å². The van der Waals surface area contributed by atoms with E-state index in [4.69, 9.17) is 14.7 Å². The number of nitrogens with zero attached hydrogens (tertiary/aromatic N) is 7. The van der Waals surface area contributed by atoms with Crippen molar-refractivity contribution in [2.45, 2.75) is 24.8 Å². The van der Waals surface area contributed by atoms with Gasteiger partial charge in [0.2, 0.25) is 5.95 Å². The number of anilines is 1. The maximum Gasteiger partial charge on any atom is 0.231 e. The molecule has 9 nitrogen and oxygen atoms in total. The number of halogens is 1. The topological polar surface area (TPSA) is 93.6 Å². The smallest absolute Gasteiger partial charge is 0.231 e. The minimum atomic E-state index is 0.243. The lowest BCUT2D eigenvalue weighted by atomic mass is 10.2. The molecule has 0 saturated carbocycles. The second-order valence-corrected chi connectivity index (χ2v) is 10.8. The number of rotatable bonds is 9. The first-order valence-electron chi connectivity index (χ1n) is 12.6. The molecule has 6 rings (SSSR count). The summed E-state index contributed by atoms with van der Waals surface area (Å²) in [6, 6.07) is 23.4. The Bertz CT molecular complexity index is 1790. The summed E-state index contributed by atoms with van der Waals surface area (Å²) < 4.78 is 10.2. The maximum atomic E-state index is 9.80. The van der Waals surface area contributed by atoms with Gasteiger partial charge in [0.05, 0.1) is 35.4 Å². The average molecular weight is 617 g/mol. The monoisotopic (exact) mass is 615 g/mol. The Kier molecular flexibility index (Phi) is 7.31. The molecule has 0 aliphatic carbocycles. The number of aromatic hydroxyl groups is 1. The Hall–Kier alpha value is -4.09. The molecule has 0 saturated heterocycles. The van der Waals surface area contributed by atoms with Crippen LogP contribution in [-0.4, -0.2) is 47.6 Å². The number of ether oxygens (including phenoxy) is 1. The lowest BCUT2D eigenvalue weighted by molar-refractivity contribution is 0.414. The molecule has 0 bridgehead atoms. The molecule has 0 aliphatic rings. The van der Waals surface area contributed by atoms with Gasteiger partial charge in [-0.05, 0) is 69.7 Å². The van der Waals surface area contributed by atoms with E-state index in [2.05, 4.69) is 53.7 Å². The predicted molar refractivity (Wildman–Crippen MR) is 160 cm³/mol. The van der Waals surface area contributed by atoms with Gasteiger partial charge in [0.1, 0.15) is 17.3 Å². The lowest BCUT2D eigenvalue weighted by Gasteiger charge is -2.25. The van der Waals surface area contributed by atoms with Gasteiger partial charge in [0, 0.05) is 13.1 Å². The molecule has 11 heteroatoms. The summed E-state index contributed by atoms with van der Waals surface area (Å²) >= 11 is 5.08. The van der Waals surface area contributed by atoms with Gasteiger partial charge in [-0.3, -0.25) is 0 Å². The lowest BCUT2D eigenvalue weighted by Crippen LogP contribution is -2.28. The molecule has 202 valence electrons. The zero-order valence-corrected chi connectivity index (χ0v) is 24.3. The van der Waals surface area contributed by atoms with Crippen LogP contribution in [0.25, 0.3) is 16.7 Å². The number of fused-ring (bicyclic) bond motifs is 2. The molecule has 0 spiro atoms. The van der Waals surface area contributed by atoms with Crippen molar-refractivity contribution in [3.8, 4) is 11.5 Å². The van der Waals surface area contributed by atoms with Crippen LogP contribution in [0.1, 0.15) is 17.0 Å². The highest BCUT2D eigenvalue weighted by Gasteiger charge is 2.22. The van der Waals surface area contributed by atoms with Gasteiger partial charge in [0.25, 0.3) is 0 Å². The fourth-order valence-corrected chi connectivity index (χ4v) is 5.34. The number of benzene rings is 3. The van der Waals surface area contributed by atoms with E-state index in [1.54, 1.807) is 30.0 Å². The standard InChI is InChI=1S/C29H26BrN7O2S/c1-39-22-13-9-19(10-14-22)16-35(29-34-28(40-2)33-27-23(30)15-31-37(27)29)18-26-32-24-5-3-4-6-25(24)36(26)17-20-7-11-21(38)12-8-20/h3-15,38H,16-18H2,1-2H3. The molecule has 0 amide bonds. The number of hydrogen-bond acceptors (Lipinski definition) is 8. The molecule has 0 radical (unpaired) electrons. The third-order valence-electron chi connectivity index (χ3n) is 6.63. The Labute approximate surface area is 243 Å². The first-order chi connectivity index (χ1) is 19.5. The number of para-hydroxylation sites is 2. The van der Waals surface area contributed by atoms with E-state index >= 15 is 0 Å². The van der Waals surface area contributed by atoms with Crippen LogP contribution in [0.3, 0.4) is 0 Å². The largest absolute Gasteiger partial charge is 0.508 e. The van der Waals surface area contributed by atoms with E-state index in [0.717, 1.165) is 38.2 Å². The second kappa shape index (κ2) is 11.2. The van der Waals surface area contributed by atoms with Crippen LogP contribution in [0, 0.1) is 0 Å². The predicted octanol–water partition coefficient (Wildman–Crippen LogP) is 5.93. The van der Waals surface area contributed by atoms with Crippen LogP contribution in [0.15, 0.2) is 88.6 Å². The van der Waals surface area contributed by atoms with E-state index in [9.17, 15) is 5.11 Å². The number of aromatic nitrogens is 6. The van der Waals surface area contributed by atoms with E-state index in [1.165, 1.54) is 11.8 Å². The summed E-state index contributed by atoms with van der Waals surface area (Å²) in [4.78, 5) is 16.8. The summed E-state index contributed by atoms with van der Waals surface area (Å²) in [5.74, 6) is 2.59. The van der Waals surface area contributed by atoms with Crippen LogP contribution in [0.4, 0.5) is 5.95 Å². The third-order valence-corrected chi connectivity index (χ3v) is 7.74. The van der Waals surface area contributed by atoms with E-state index in [-0.39, 0.29) is 5.75 Å². The summed E-state index contributed by atoms with van der Waals surface area (Å²) in [5, 5.41) is 15.0. The zero-order valence-electron chi connectivity index (χ0n) is 21.9. The molecule has 40 heavy (non-hydrogen) atoms. The number of thioether (sulfide) groups is 1. The fraction of sp³-hybridized carbons (Fsp3) is 0.172. The molecule has 1 N–H and O–H groups in total. The minimum Gasteiger partial charge on any atom is -0.508 e. The highest BCUT2D eigenvalue weighted by molar-refractivity contribution is 9.10. The molecule has 3 aromatic heterocycles. The molecule has 0 atom stereocenters. The van der Waals surface area contributed by atoms with Crippen molar-refractivity contribution in [1.82, 2.24) is 29.1 Å². The Balaban J connectivity index is 1.47. The number of phenols is 1. The number of imidazole rings is 1. The minimum absolute atomic E-state index is 0.243. The molecule has 6 aromatic rings. The van der Waals surface area contributed by atoms with Crippen LogP contribution in [-0.2, 0) is 19.6 Å². The van der Waals surface area contributed by atoms with Crippen molar-refractivity contribution in [1.29, 1.82) is 0 Å². The van der Waals surface area contributed by atoms with Crippen molar-refractivity contribution in [2.75, 3.05) is 18.3 Å². The van der Waals surface area contributed by atoms with E-state index in [1.807, 2.05) is 48.7 Å². The normalized spacial score (nSPS) is 11.4. The fourth-order valence-electron chi connectivity index (χ4n) is 4.64. The molecule has 3 aromatic carbocycles. The van der Waals surface area contributed by atoms with Gasteiger partial charge >= 0.3 is 0 Å². The molecular formula is C29H26BrN7O2S. The van der Waals surface area contributed by atoms with Gasteiger partial charge in [-0.2, -0.15) is 14.6 Å². The number of methoxy groups -OCH3 is 1. The third kappa shape index (κ3) is 5.22. The Morgan fingerprint density at radius 1 is 0.925 bits per heavy atom. The Morgan fingerprint density at radius 3 is 2.42 bits per heavy atom. The molecule has 0 aliphatic heterocycles. The zero-order chi connectivity index (χ0) is 27.6. The molecule has 0 unspecified atom stereocenters. The van der Waals surface area contributed by atoms with Crippen molar-refractivity contribution >= 4 is 50.3 Å². The molecular weight excluding hydrogens is 590 g/mol. The maximum absolute atomic E-state index is 9.80. The van der Waals surface area contributed by atoms with Crippen LogP contribution in [0.5, 0.6) is 11.5 Å². The summed E-state index contributed by atoms with van der Waals surface area (Å²) in [5.41, 5.74) is 4.81. The van der Waals surface area contributed by atoms with Crippen LogP contribution in [0.2, 0.25) is 0 Å². The summed E-state index contributed by atoms with van der Waals surface area (Å²) in [6.07, 6.45) is 3.70. The van der Waals surface area contributed by atoms with E-state index < -0.39 is 0 Å². The van der Waals surface area contributed by atoms with Crippen molar-refractivity contribution < 1.29 is 9.84 Å². The molecule has 0 fully saturated rings.